The summed E-state index contributed by atoms with van der Waals surface area (Å²) in [4.78, 5) is 25.2. The number of imide groups is 1. The van der Waals surface area contributed by atoms with Crippen LogP contribution in [0.2, 0.25) is 0 Å². The zero-order valence-electron chi connectivity index (χ0n) is 12.0. The summed E-state index contributed by atoms with van der Waals surface area (Å²) in [5.41, 5.74) is 0.665. The van der Waals surface area contributed by atoms with Gasteiger partial charge in [0.15, 0.2) is 0 Å². The van der Waals surface area contributed by atoms with Crippen molar-refractivity contribution in [3.63, 3.8) is 0 Å². The molecular weight excluding hydrogens is 293 g/mol. The summed E-state index contributed by atoms with van der Waals surface area (Å²) in [6.45, 7) is 3.25. The van der Waals surface area contributed by atoms with E-state index >= 15 is 0 Å². The Hall–Kier alpha value is -1.49. The van der Waals surface area contributed by atoms with E-state index in [2.05, 4.69) is 0 Å². The van der Waals surface area contributed by atoms with Gasteiger partial charge < -0.3 is 9.63 Å². The standard InChI is InChI=1S/C14H18NO5P/c1-3-20-21(2,19)9-10(16)8-15-13(17)11-6-4-5-7-12(11)14(15)18/h4-7,10,16H,3,8-9H2,1-2H3/t10-,21?/m1/s1. The van der Waals surface area contributed by atoms with Gasteiger partial charge in [0.1, 0.15) is 0 Å². The molecule has 0 aromatic heterocycles. The Morgan fingerprint density at radius 1 is 1.24 bits per heavy atom. The number of fused-ring (bicyclic) bond motifs is 1. The van der Waals surface area contributed by atoms with Gasteiger partial charge in [-0.25, -0.2) is 0 Å². The molecule has 0 saturated carbocycles. The molecular formula is C14H18NO5P. The quantitative estimate of drug-likeness (QED) is 0.637. The maximum Gasteiger partial charge on any atom is 0.261 e. The molecule has 2 amide bonds. The third-order valence-corrected chi connectivity index (χ3v) is 5.11. The summed E-state index contributed by atoms with van der Waals surface area (Å²) < 4.78 is 17.1. The number of nitrogens with zero attached hydrogens (tertiary/aromatic N) is 1. The van der Waals surface area contributed by atoms with E-state index in [0.717, 1.165) is 4.90 Å². The first-order valence-electron chi connectivity index (χ1n) is 6.70. The Kier molecular flexibility index (Phi) is 4.61. The van der Waals surface area contributed by atoms with Crippen molar-refractivity contribution in [2.45, 2.75) is 13.0 Å². The maximum absolute atomic E-state index is 12.1. The van der Waals surface area contributed by atoms with Crippen molar-refractivity contribution in [2.24, 2.45) is 0 Å². The molecule has 1 aromatic rings. The number of amides is 2. The molecule has 0 fully saturated rings. The number of aliphatic hydroxyl groups excluding tert-OH is 1. The van der Waals surface area contributed by atoms with Crippen LogP contribution < -0.4 is 0 Å². The summed E-state index contributed by atoms with van der Waals surface area (Å²) in [6.07, 6.45) is -1.16. The highest BCUT2D eigenvalue weighted by atomic mass is 31.2. The third-order valence-electron chi connectivity index (χ3n) is 3.22. The fourth-order valence-electron chi connectivity index (χ4n) is 2.38. The van der Waals surface area contributed by atoms with E-state index in [9.17, 15) is 19.3 Å². The minimum absolute atomic E-state index is 0.0890. The topological polar surface area (TPSA) is 83.9 Å². The second-order valence-corrected chi connectivity index (χ2v) is 7.69. The summed E-state index contributed by atoms with van der Waals surface area (Å²) in [5.74, 6) is -0.867. The fraction of sp³-hybridized carbons (Fsp3) is 0.429. The molecule has 114 valence electrons. The average molecular weight is 311 g/mol. The van der Waals surface area contributed by atoms with Gasteiger partial charge in [-0.1, -0.05) is 12.1 Å². The number of carbonyl (C=O) groups is 2. The number of aliphatic hydroxyl groups is 1. The van der Waals surface area contributed by atoms with Crippen molar-refractivity contribution in [2.75, 3.05) is 26.0 Å². The predicted octanol–water partition coefficient (Wildman–Crippen LogP) is 1.59. The fourth-order valence-corrected chi connectivity index (χ4v) is 3.91. The van der Waals surface area contributed by atoms with Gasteiger partial charge in [-0.3, -0.25) is 19.1 Å². The van der Waals surface area contributed by atoms with Crippen LogP contribution in [0.4, 0.5) is 0 Å². The first kappa shape index (κ1) is 15.9. The smallest absolute Gasteiger partial charge is 0.261 e. The van der Waals surface area contributed by atoms with Crippen LogP contribution >= 0.6 is 7.37 Å². The van der Waals surface area contributed by atoms with Crippen molar-refractivity contribution in [3.8, 4) is 0 Å². The molecule has 1 N–H and O–H groups in total. The van der Waals surface area contributed by atoms with Crippen LogP contribution in [-0.4, -0.2) is 53.9 Å². The molecule has 1 unspecified atom stereocenters. The lowest BCUT2D eigenvalue weighted by molar-refractivity contribution is 0.0562. The van der Waals surface area contributed by atoms with Crippen LogP contribution in [0.25, 0.3) is 0 Å². The highest BCUT2D eigenvalue weighted by molar-refractivity contribution is 7.58. The van der Waals surface area contributed by atoms with Gasteiger partial charge in [0.25, 0.3) is 11.8 Å². The zero-order valence-corrected chi connectivity index (χ0v) is 12.9. The zero-order chi connectivity index (χ0) is 15.6. The Labute approximate surface area is 123 Å². The van der Waals surface area contributed by atoms with E-state index in [4.69, 9.17) is 4.52 Å². The Morgan fingerprint density at radius 2 is 1.76 bits per heavy atom. The largest absolute Gasteiger partial charge is 0.391 e. The predicted molar refractivity (Wildman–Crippen MR) is 77.8 cm³/mol. The first-order chi connectivity index (χ1) is 9.85. The highest BCUT2D eigenvalue weighted by Gasteiger charge is 2.36. The van der Waals surface area contributed by atoms with Crippen LogP contribution in [0.15, 0.2) is 24.3 Å². The first-order valence-corrected chi connectivity index (χ1v) is 8.96. The Balaban J connectivity index is 2.07. The van der Waals surface area contributed by atoms with E-state index in [1.54, 1.807) is 31.2 Å². The molecule has 1 heterocycles. The molecule has 1 aliphatic rings. The monoisotopic (exact) mass is 311 g/mol. The van der Waals surface area contributed by atoms with Crippen LogP contribution in [0.5, 0.6) is 0 Å². The Morgan fingerprint density at radius 3 is 2.24 bits per heavy atom. The van der Waals surface area contributed by atoms with E-state index in [0.29, 0.717) is 11.1 Å². The Bertz CT molecular complexity index is 580. The third kappa shape index (κ3) is 3.40. The molecule has 21 heavy (non-hydrogen) atoms. The number of β-amino-alcohol motifs (C(OH)–C–C–N with tert-alkyl or cyclic N) is 1. The minimum atomic E-state index is -2.92. The molecule has 1 aliphatic heterocycles. The number of hydrogen-bond donors (Lipinski definition) is 1. The number of hydrogen-bond acceptors (Lipinski definition) is 5. The normalized spacial score (nSPS) is 18.5. The lowest BCUT2D eigenvalue weighted by atomic mass is 10.1. The van der Waals surface area contributed by atoms with Crippen molar-refractivity contribution in [1.82, 2.24) is 4.90 Å². The van der Waals surface area contributed by atoms with Gasteiger partial charge in [-0.05, 0) is 19.1 Å². The van der Waals surface area contributed by atoms with E-state index < -0.39 is 25.3 Å². The summed E-state index contributed by atoms with van der Waals surface area (Å²) in [7, 11) is -2.92. The molecule has 0 radical (unpaired) electrons. The number of carbonyl (C=O) groups excluding carboxylic acids is 2. The summed E-state index contributed by atoms with van der Waals surface area (Å²) >= 11 is 0. The molecule has 6 nitrogen and oxygen atoms in total. The van der Waals surface area contributed by atoms with E-state index in [1.807, 2.05) is 0 Å². The molecule has 0 aliphatic carbocycles. The van der Waals surface area contributed by atoms with Gasteiger partial charge in [0.2, 0.25) is 7.37 Å². The molecule has 0 bridgehead atoms. The second-order valence-electron chi connectivity index (χ2n) is 5.03. The van der Waals surface area contributed by atoms with Crippen LogP contribution in [-0.2, 0) is 9.09 Å². The SMILES string of the molecule is CCOP(C)(=O)C[C@H](O)CN1C(=O)c2ccccc2C1=O. The second kappa shape index (κ2) is 6.10. The average Bonchev–Trinajstić information content (AvgIpc) is 2.64. The molecule has 7 heteroatoms. The van der Waals surface area contributed by atoms with E-state index in [-0.39, 0.29) is 19.3 Å². The van der Waals surface area contributed by atoms with Crippen LogP contribution in [0.3, 0.4) is 0 Å². The van der Waals surface area contributed by atoms with Crippen molar-refractivity contribution in [3.05, 3.63) is 35.4 Å². The van der Waals surface area contributed by atoms with Crippen molar-refractivity contribution < 1.29 is 23.8 Å². The van der Waals surface area contributed by atoms with Gasteiger partial charge in [-0.2, -0.15) is 0 Å². The van der Waals surface area contributed by atoms with Gasteiger partial charge in [-0.15, -0.1) is 0 Å². The molecule has 2 rings (SSSR count). The van der Waals surface area contributed by atoms with Gasteiger partial charge in [0, 0.05) is 6.66 Å². The van der Waals surface area contributed by atoms with Gasteiger partial charge in [0.05, 0.1) is 36.5 Å². The van der Waals surface area contributed by atoms with Crippen molar-refractivity contribution in [1.29, 1.82) is 0 Å². The lowest BCUT2D eigenvalue weighted by Gasteiger charge is -2.21. The summed E-state index contributed by atoms with van der Waals surface area (Å²) in [6, 6.07) is 6.51. The maximum atomic E-state index is 12.1. The van der Waals surface area contributed by atoms with Gasteiger partial charge >= 0.3 is 0 Å². The number of rotatable bonds is 6. The van der Waals surface area contributed by atoms with Crippen LogP contribution in [0, 0.1) is 0 Å². The molecule has 2 atom stereocenters. The van der Waals surface area contributed by atoms with E-state index in [1.165, 1.54) is 6.66 Å². The van der Waals surface area contributed by atoms with Crippen LogP contribution in [0.1, 0.15) is 27.6 Å². The lowest BCUT2D eigenvalue weighted by Crippen LogP contribution is -2.38. The molecule has 0 spiro atoms. The minimum Gasteiger partial charge on any atom is -0.391 e. The van der Waals surface area contributed by atoms with Crippen molar-refractivity contribution >= 4 is 19.2 Å². The summed E-state index contributed by atoms with van der Waals surface area (Å²) in [5, 5.41) is 9.99. The highest BCUT2D eigenvalue weighted by Crippen LogP contribution is 2.43. The number of benzene rings is 1. The molecule has 1 aromatic carbocycles. The molecule has 0 saturated heterocycles.